The number of carbonyl (C=O) groups is 2. The van der Waals surface area contributed by atoms with Crippen molar-refractivity contribution in [3.8, 4) is 0 Å². The summed E-state index contributed by atoms with van der Waals surface area (Å²) in [4.78, 5) is 19.4. The van der Waals surface area contributed by atoms with Crippen LogP contribution in [0.1, 0.15) is 13.8 Å². The molecule has 2 unspecified atom stereocenters. The van der Waals surface area contributed by atoms with Crippen molar-refractivity contribution in [3.63, 3.8) is 0 Å². The SMILES string of the molecule is CC(C(=O)[O-])S(=O)(=O)O.CC(C(=O)[O-])S(=O)(=O)O.[Ca+2]. The van der Waals surface area contributed by atoms with Crippen LogP contribution in [-0.2, 0) is 29.8 Å². The largest absolute Gasteiger partial charge is 2.00 e. The fourth-order valence-corrected chi connectivity index (χ4v) is 0.730. The minimum atomic E-state index is -4.46. The van der Waals surface area contributed by atoms with Gasteiger partial charge in [0.05, 0.1) is 11.9 Å². The molecule has 0 aliphatic rings. The van der Waals surface area contributed by atoms with Crippen LogP contribution < -0.4 is 10.2 Å². The van der Waals surface area contributed by atoms with E-state index in [1.807, 2.05) is 0 Å². The third-order valence-electron chi connectivity index (χ3n) is 1.56. The normalized spacial score (nSPS) is 14.1. The molecule has 0 saturated carbocycles. The molecule has 13 heteroatoms. The van der Waals surface area contributed by atoms with Crippen LogP contribution in [0.3, 0.4) is 0 Å². The maximum Gasteiger partial charge on any atom is 2.00 e. The third kappa shape index (κ3) is 11.5. The topological polar surface area (TPSA) is 189 Å². The van der Waals surface area contributed by atoms with Crippen molar-refractivity contribution >= 4 is 69.9 Å². The van der Waals surface area contributed by atoms with E-state index in [2.05, 4.69) is 0 Å². The first-order chi connectivity index (χ1) is 7.71. The molecule has 0 aromatic heterocycles. The van der Waals surface area contributed by atoms with E-state index in [0.29, 0.717) is 0 Å². The molecule has 0 aromatic carbocycles. The van der Waals surface area contributed by atoms with Gasteiger partial charge in [0.25, 0.3) is 20.2 Å². The number of carboxylic acid groups (broad SMARTS) is 2. The first kappa shape index (κ1) is 24.1. The van der Waals surface area contributed by atoms with Gasteiger partial charge >= 0.3 is 37.7 Å². The number of hydrogen-bond acceptors (Lipinski definition) is 8. The van der Waals surface area contributed by atoms with Gasteiger partial charge in [0.2, 0.25) is 0 Å². The van der Waals surface area contributed by atoms with Crippen LogP contribution in [0.25, 0.3) is 0 Å². The summed E-state index contributed by atoms with van der Waals surface area (Å²) in [5, 5.41) is 15.7. The van der Waals surface area contributed by atoms with Gasteiger partial charge in [-0.3, -0.25) is 9.11 Å². The van der Waals surface area contributed by atoms with Gasteiger partial charge < -0.3 is 19.8 Å². The van der Waals surface area contributed by atoms with E-state index in [9.17, 15) is 36.6 Å². The molecule has 19 heavy (non-hydrogen) atoms. The van der Waals surface area contributed by atoms with E-state index >= 15 is 0 Å². The summed E-state index contributed by atoms with van der Waals surface area (Å²) in [6.45, 7) is 1.65. The molecule has 108 valence electrons. The Kier molecular flexibility index (Phi) is 11.5. The molecular weight excluding hydrogens is 336 g/mol. The number of aliphatic carboxylic acids is 2. The Morgan fingerprint density at radius 2 is 1.00 bits per heavy atom. The minimum absolute atomic E-state index is 0. The van der Waals surface area contributed by atoms with Crippen LogP contribution >= 0.6 is 0 Å². The van der Waals surface area contributed by atoms with Crippen LogP contribution in [0.2, 0.25) is 0 Å². The average Bonchev–Trinajstić information content (AvgIpc) is 2.13. The summed E-state index contributed by atoms with van der Waals surface area (Å²) < 4.78 is 55.6. The maximum absolute atomic E-state index is 9.91. The molecule has 0 spiro atoms. The molecule has 2 N–H and O–H groups in total. The van der Waals surface area contributed by atoms with Gasteiger partial charge in [-0.1, -0.05) is 0 Å². The number of carboxylic acids is 2. The first-order valence-corrected chi connectivity index (χ1v) is 7.06. The molecule has 2 atom stereocenters. The number of hydrogen-bond donors (Lipinski definition) is 2. The quantitative estimate of drug-likeness (QED) is 0.371. The Morgan fingerprint density at radius 3 is 1.00 bits per heavy atom. The minimum Gasteiger partial charge on any atom is -0.549 e. The van der Waals surface area contributed by atoms with Crippen molar-refractivity contribution in [2.24, 2.45) is 0 Å². The average molecular weight is 346 g/mol. The number of rotatable bonds is 4. The third-order valence-corrected chi connectivity index (χ3v) is 3.73. The summed E-state index contributed by atoms with van der Waals surface area (Å²) in [6, 6.07) is 0. The van der Waals surface area contributed by atoms with Crippen molar-refractivity contribution in [2.75, 3.05) is 0 Å². The Bertz CT molecular complexity index is 458. The van der Waals surface area contributed by atoms with E-state index in [-0.39, 0.29) is 37.7 Å². The molecular formula is C6H10CaO10S2. The fraction of sp³-hybridized carbons (Fsp3) is 0.667. The van der Waals surface area contributed by atoms with Gasteiger partial charge in [0.15, 0.2) is 0 Å². The zero-order valence-electron chi connectivity index (χ0n) is 9.84. The van der Waals surface area contributed by atoms with Crippen molar-refractivity contribution in [1.82, 2.24) is 0 Å². The van der Waals surface area contributed by atoms with Gasteiger partial charge in [0.1, 0.15) is 10.5 Å². The molecule has 0 saturated heterocycles. The molecule has 0 radical (unpaired) electrons. The van der Waals surface area contributed by atoms with E-state index < -0.39 is 42.7 Å². The molecule has 0 amide bonds. The predicted molar refractivity (Wildman–Crippen MR) is 57.8 cm³/mol. The van der Waals surface area contributed by atoms with Crippen LogP contribution in [0.15, 0.2) is 0 Å². The molecule has 0 aliphatic carbocycles. The fourth-order valence-electron chi connectivity index (χ4n) is 0.243. The molecule has 0 aliphatic heterocycles. The second-order valence-corrected chi connectivity index (χ2v) is 6.43. The Morgan fingerprint density at radius 1 is 0.842 bits per heavy atom. The molecule has 0 bridgehead atoms. The van der Waals surface area contributed by atoms with Crippen molar-refractivity contribution in [3.05, 3.63) is 0 Å². The van der Waals surface area contributed by atoms with E-state index in [1.165, 1.54) is 0 Å². The summed E-state index contributed by atoms with van der Waals surface area (Å²) >= 11 is 0. The zero-order valence-corrected chi connectivity index (χ0v) is 13.7. The molecule has 0 heterocycles. The van der Waals surface area contributed by atoms with Crippen molar-refractivity contribution in [1.29, 1.82) is 0 Å². The second-order valence-electron chi connectivity index (χ2n) is 2.95. The van der Waals surface area contributed by atoms with Crippen molar-refractivity contribution < 1.29 is 45.7 Å². The van der Waals surface area contributed by atoms with Gasteiger partial charge in [0, 0.05) is 0 Å². The van der Waals surface area contributed by atoms with E-state index in [0.717, 1.165) is 13.8 Å². The van der Waals surface area contributed by atoms with Crippen LogP contribution in [0, 0.1) is 0 Å². The zero-order chi connectivity index (χ0) is 15.3. The Hall–Kier alpha value is 0.0197. The van der Waals surface area contributed by atoms with Gasteiger partial charge in [-0.2, -0.15) is 16.8 Å². The van der Waals surface area contributed by atoms with Crippen LogP contribution in [0.5, 0.6) is 0 Å². The molecule has 0 rings (SSSR count). The summed E-state index contributed by atoms with van der Waals surface area (Å²) in [5.41, 5.74) is 0. The van der Waals surface area contributed by atoms with Crippen LogP contribution in [-0.4, -0.2) is 86.1 Å². The number of carbonyl (C=O) groups excluding carboxylic acids is 2. The van der Waals surface area contributed by atoms with Gasteiger partial charge in [-0.15, -0.1) is 0 Å². The monoisotopic (exact) mass is 346 g/mol. The molecule has 0 fully saturated rings. The van der Waals surface area contributed by atoms with Gasteiger partial charge in [-0.25, -0.2) is 0 Å². The predicted octanol–water partition coefficient (Wildman–Crippen LogP) is -4.36. The van der Waals surface area contributed by atoms with E-state index in [1.54, 1.807) is 0 Å². The van der Waals surface area contributed by atoms with Crippen molar-refractivity contribution in [2.45, 2.75) is 24.3 Å². The summed E-state index contributed by atoms with van der Waals surface area (Å²) in [5.74, 6) is -3.62. The Labute approximate surface area is 139 Å². The molecule has 10 nitrogen and oxygen atoms in total. The standard InChI is InChI=1S/2C3H6O5S.Ca/c2*1-2(3(4)5)9(6,7)8;/h2*2H,1H3,(H,4,5)(H,6,7,8);/q;;+2/p-2. The smallest absolute Gasteiger partial charge is 0.549 e. The van der Waals surface area contributed by atoms with E-state index in [4.69, 9.17) is 9.11 Å². The van der Waals surface area contributed by atoms with Crippen LogP contribution in [0.4, 0.5) is 0 Å². The summed E-state index contributed by atoms with van der Waals surface area (Å²) in [7, 11) is -8.93. The Balaban J connectivity index is -0.000000256. The second kappa shape index (κ2) is 9.05. The van der Waals surface area contributed by atoms with Gasteiger partial charge in [-0.05, 0) is 13.8 Å². The molecule has 0 aromatic rings. The summed E-state index contributed by atoms with van der Waals surface area (Å²) in [6.07, 6.45) is 0. The maximum atomic E-state index is 9.91. The first-order valence-electron chi connectivity index (χ1n) is 4.05.